The van der Waals surface area contributed by atoms with Crippen molar-refractivity contribution in [1.29, 1.82) is 0 Å². The van der Waals surface area contributed by atoms with Crippen molar-refractivity contribution >= 4 is 10.0 Å². The molecule has 0 spiro atoms. The molecule has 1 aromatic carbocycles. The summed E-state index contributed by atoms with van der Waals surface area (Å²) in [6.07, 6.45) is 0. The minimum atomic E-state index is -3.72. The van der Waals surface area contributed by atoms with E-state index in [2.05, 4.69) is 10.0 Å². The maximum Gasteiger partial charge on any atom is 0.241 e. The van der Waals surface area contributed by atoms with Gasteiger partial charge in [0, 0.05) is 20.2 Å². The number of hydrogen-bond acceptors (Lipinski definition) is 4. The van der Waals surface area contributed by atoms with Crippen LogP contribution in [0.2, 0.25) is 0 Å². The highest BCUT2D eigenvalue weighted by molar-refractivity contribution is 7.89. The Morgan fingerprint density at radius 1 is 1.39 bits per heavy atom. The third-order valence-corrected chi connectivity index (χ3v) is 3.83. The average Bonchev–Trinajstić information content (AvgIpc) is 2.32. The third kappa shape index (κ3) is 4.02. The first-order valence-electron chi connectivity index (χ1n) is 5.43. The summed E-state index contributed by atoms with van der Waals surface area (Å²) >= 11 is 0. The topological polar surface area (TPSA) is 67.4 Å². The van der Waals surface area contributed by atoms with E-state index in [1.807, 2.05) is 0 Å². The van der Waals surface area contributed by atoms with Gasteiger partial charge >= 0.3 is 0 Å². The molecule has 2 N–H and O–H groups in total. The lowest BCUT2D eigenvalue weighted by atomic mass is 10.2. The Labute approximate surface area is 106 Å². The maximum atomic E-state index is 13.2. The summed E-state index contributed by atoms with van der Waals surface area (Å²) in [5.74, 6) is -0.582. The Balaban J connectivity index is 3.01. The van der Waals surface area contributed by atoms with Gasteiger partial charge < -0.3 is 10.1 Å². The van der Waals surface area contributed by atoms with Crippen LogP contribution in [0.4, 0.5) is 4.39 Å². The van der Waals surface area contributed by atoms with E-state index in [0.29, 0.717) is 12.1 Å². The lowest BCUT2D eigenvalue weighted by Crippen LogP contribution is -2.28. The molecule has 0 atom stereocenters. The molecule has 0 aromatic heterocycles. The van der Waals surface area contributed by atoms with Crippen molar-refractivity contribution in [1.82, 2.24) is 10.0 Å². The summed E-state index contributed by atoms with van der Waals surface area (Å²) < 4.78 is 44.3. The van der Waals surface area contributed by atoms with Gasteiger partial charge in [-0.1, -0.05) is 6.07 Å². The van der Waals surface area contributed by atoms with Crippen LogP contribution in [0.3, 0.4) is 0 Å². The highest BCUT2D eigenvalue weighted by Gasteiger charge is 2.18. The third-order valence-electron chi connectivity index (χ3n) is 2.28. The molecule has 5 nitrogen and oxygen atoms in total. The predicted molar refractivity (Wildman–Crippen MR) is 66.2 cm³/mol. The minimum absolute atomic E-state index is 0.0482. The molecule has 0 fully saturated rings. The second-order valence-electron chi connectivity index (χ2n) is 3.67. The van der Waals surface area contributed by atoms with E-state index < -0.39 is 15.8 Å². The molecule has 1 rings (SSSR count). The molecule has 18 heavy (non-hydrogen) atoms. The second-order valence-corrected chi connectivity index (χ2v) is 5.41. The molecule has 0 aliphatic heterocycles. The summed E-state index contributed by atoms with van der Waals surface area (Å²) in [5.41, 5.74) is 0.517. The molecule has 0 aliphatic rings. The zero-order valence-electron chi connectivity index (χ0n) is 10.4. The van der Waals surface area contributed by atoms with Crippen molar-refractivity contribution in [2.45, 2.75) is 11.4 Å². The smallest absolute Gasteiger partial charge is 0.241 e. The van der Waals surface area contributed by atoms with E-state index in [1.54, 1.807) is 7.05 Å². The van der Waals surface area contributed by atoms with Gasteiger partial charge in [-0.15, -0.1) is 0 Å². The number of halogens is 1. The number of rotatable bonds is 7. The molecule has 0 amide bonds. The van der Waals surface area contributed by atoms with Gasteiger partial charge in [-0.05, 0) is 24.7 Å². The first-order valence-corrected chi connectivity index (χ1v) is 6.91. The van der Waals surface area contributed by atoms with Crippen LogP contribution in [0.25, 0.3) is 0 Å². The first-order chi connectivity index (χ1) is 8.51. The quantitative estimate of drug-likeness (QED) is 0.710. The van der Waals surface area contributed by atoms with Crippen LogP contribution in [-0.2, 0) is 21.3 Å². The van der Waals surface area contributed by atoms with Gasteiger partial charge in [0.05, 0.1) is 11.5 Å². The number of benzene rings is 1. The lowest BCUT2D eigenvalue weighted by Gasteiger charge is -2.11. The molecule has 7 heteroatoms. The molecule has 0 aliphatic carbocycles. The van der Waals surface area contributed by atoms with E-state index in [1.165, 1.54) is 19.2 Å². The van der Waals surface area contributed by atoms with Crippen molar-refractivity contribution in [3.05, 3.63) is 29.6 Å². The van der Waals surface area contributed by atoms with Crippen molar-refractivity contribution in [2.24, 2.45) is 0 Å². The highest BCUT2D eigenvalue weighted by atomic mass is 32.2. The van der Waals surface area contributed by atoms with Crippen LogP contribution in [0.5, 0.6) is 0 Å². The van der Waals surface area contributed by atoms with E-state index in [-0.39, 0.29) is 18.0 Å². The zero-order valence-corrected chi connectivity index (χ0v) is 11.2. The molecular weight excluding hydrogens is 259 g/mol. The Bertz CT molecular complexity index is 491. The SMILES string of the molecule is CNCc1ccc(F)cc1S(=O)(=O)NCCOC. The second kappa shape index (κ2) is 6.79. The minimum Gasteiger partial charge on any atom is -0.383 e. The molecule has 0 saturated heterocycles. The summed E-state index contributed by atoms with van der Waals surface area (Å²) in [4.78, 5) is -0.0482. The summed E-state index contributed by atoms with van der Waals surface area (Å²) in [6.45, 7) is 0.755. The largest absolute Gasteiger partial charge is 0.383 e. The van der Waals surface area contributed by atoms with Gasteiger partial charge in [0.1, 0.15) is 5.82 Å². The molecule has 1 aromatic rings. The van der Waals surface area contributed by atoms with E-state index in [4.69, 9.17) is 4.74 Å². The number of methoxy groups -OCH3 is 1. The van der Waals surface area contributed by atoms with Crippen molar-refractivity contribution in [2.75, 3.05) is 27.3 Å². The van der Waals surface area contributed by atoms with Gasteiger partial charge in [-0.2, -0.15) is 0 Å². The Morgan fingerprint density at radius 2 is 2.11 bits per heavy atom. The first kappa shape index (κ1) is 15.0. The van der Waals surface area contributed by atoms with E-state index in [9.17, 15) is 12.8 Å². The van der Waals surface area contributed by atoms with Crippen LogP contribution < -0.4 is 10.0 Å². The van der Waals surface area contributed by atoms with Crippen molar-refractivity contribution in [3.8, 4) is 0 Å². The molecular formula is C11H17FN2O3S. The fourth-order valence-corrected chi connectivity index (χ4v) is 2.73. The number of sulfonamides is 1. The summed E-state index contributed by atoms with van der Waals surface area (Å²) in [7, 11) is -0.550. The zero-order chi connectivity index (χ0) is 13.6. The lowest BCUT2D eigenvalue weighted by molar-refractivity contribution is 0.204. The molecule has 0 heterocycles. The van der Waals surface area contributed by atoms with Gasteiger partial charge in [0.25, 0.3) is 0 Å². The fourth-order valence-electron chi connectivity index (χ4n) is 1.47. The van der Waals surface area contributed by atoms with Crippen molar-refractivity contribution in [3.63, 3.8) is 0 Å². The standard InChI is InChI=1S/C11H17FN2O3S/c1-13-8-9-3-4-10(12)7-11(9)18(15,16)14-5-6-17-2/h3-4,7,13-14H,5-6,8H2,1-2H3. The molecule has 0 bridgehead atoms. The normalized spacial score (nSPS) is 11.7. The van der Waals surface area contributed by atoms with Gasteiger partial charge in [0.15, 0.2) is 0 Å². The number of nitrogens with one attached hydrogen (secondary N) is 2. The van der Waals surface area contributed by atoms with Crippen LogP contribution >= 0.6 is 0 Å². The van der Waals surface area contributed by atoms with Gasteiger partial charge in [0.2, 0.25) is 10.0 Å². The molecule has 0 radical (unpaired) electrons. The highest BCUT2D eigenvalue weighted by Crippen LogP contribution is 2.17. The Kier molecular flexibility index (Phi) is 5.67. The van der Waals surface area contributed by atoms with E-state index in [0.717, 1.165) is 6.07 Å². The predicted octanol–water partition coefficient (Wildman–Crippen LogP) is 0.470. The summed E-state index contributed by atoms with van der Waals surface area (Å²) in [6, 6.07) is 3.71. The van der Waals surface area contributed by atoms with E-state index >= 15 is 0 Å². The van der Waals surface area contributed by atoms with Crippen LogP contribution in [-0.4, -0.2) is 35.7 Å². The molecule has 0 saturated carbocycles. The summed E-state index contributed by atoms with van der Waals surface area (Å²) in [5, 5.41) is 2.84. The fraction of sp³-hybridized carbons (Fsp3) is 0.455. The number of ether oxygens (including phenoxy) is 1. The maximum absolute atomic E-state index is 13.2. The monoisotopic (exact) mass is 276 g/mol. The van der Waals surface area contributed by atoms with Crippen LogP contribution in [0, 0.1) is 5.82 Å². The Hall–Kier alpha value is -1.02. The number of hydrogen-bond donors (Lipinski definition) is 2. The van der Waals surface area contributed by atoms with Crippen LogP contribution in [0.15, 0.2) is 23.1 Å². The van der Waals surface area contributed by atoms with Gasteiger partial charge in [-0.25, -0.2) is 17.5 Å². The average molecular weight is 276 g/mol. The molecule has 102 valence electrons. The Morgan fingerprint density at radius 3 is 2.72 bits per heavy atom. The molecule has 0 unspecified atom stereocenters. The van der Waals surface area contributed by atoms with Crippen molar-refractivity contribution < 1.29 is 17.5 Å². The van der Waals surface area contributed by atoms with Gasteiger partial charge in [-0.3, -0.25) is 0 Å². The van der Waals surface area contributed by atoms with Crippen LogP contribution in [0.1, 0.15) is 5.56 Å².